The average molecular weight is 350 g/mol. The van der Waals surface area contributed by atoms with Gasteiger partial charge in [-0.1, -0.05) is 79.7 Å². The van der Waals surface area contributed by atoms with Crippen LogP contribution < -0.4 is 0 Å². The third kappa shape index (κ3) is 4.79. The van der Waals surface area contributed by atoms with E-state index in [4.69, 9.17) is 0 Å². The van der Waals surface area contributed by atoms with E-state index in [-0.39, 0.29) is 0 Å². The fourth-order valence-electron chi connectivity index (χ4n) is 2.32. The molecule has 0 aliphatic rings. The van der Waals surface area contributed by atoms with Gasteiger partial charge in [0.25, 0.3) is 0 Å². The minimum atomic E-state index is 0.536. The van der Waals surface area contributed by atoms with Crippen LogP contribution in [0.1, 0.15) is 42.0 Å². The third-order valence-electron chi connectivity index (χ3n) is 3.92. The summed E-state index contributed by atoms with van der Waals surface area (Å²) in [6, 6.07) is 17.0. The average Bonchev–Trinajstić information content (AvgIpc) is 3.07. The van der Waals surface area contributed by atoms with Crippen molar-refractivity contribution in [3.8, 4) is 0 Å². The molecular weight excluding hydrogens is 328 g/mol. The van der Waals surface area contributed by atoms with Crippen molar-refractivity contribution < 1.29 is 0 Å². The minimum absolute atomic E-state index is 0.536. The molecule has 0 unspecified atom stereocenters. The van der Waals surface area contributed by atoms with E-state index in [1.54, 1.807) is 22.8 Å². The first kappa shape index (κ1) is 17.4. The van der Waals surface area contributed by atoms with Crippen molar-refractivity contribution in [3.05, 3.63) is 77.1 Å². The van der Waals surface area contributed by atoms with Crippen LogP contribution in [0.2, 0.25) is 0 Å². The first-order valence-corrected chi connectivity index (χ1v) is 9.33. The van der Waals surface area contributed by atoms with E-state index in [1.165, 1.54) is 16.7 Å². The lowest BCUT2D eigenvalue weighted by Crippen LogP contribution is -1.93. The van der Waals surface area contributed by atoms with Crippen molar-refractivity contribution in [3.63, 3.8) is 0 Å². The summed E-state index contributed by atoms with van der Waals surface area (Å²) in [4.78, 5) is 0. The van der Waals surface area contributed by atoms with Gasteiger partial charge in [0.05, 0.1) is 6.21 Å². The SMILES string of the molecule is Cc1ccc(CSc2nncn2/N=C\c2ccc(C(C)C)cc2)cc1. The molecule has 0 fully saturated rings. The summed E-state index contributed by atoms with van der Waals surface area (Å²) < 4.78 is 1.72. The number of hydrogen-bond donors (Lipinski definition) is 0. The van der Waals surface area contributed by atoms with Gasteiger partial charge in [0.2, 0.25) is 5.16 Å². The number of aryl methyl sites for hydroxylation is 1. The zero-order chi connectivity index (χ0) is 17.6. The molecule has 3 rings (SSSR count). The highest BCUT2D eigenvalue weighted by Gasteiger charge is 2.05. The molecule has 0 N–H and O–H groups in total. The van der Waals surface area contributed by atoms with Crippen molar-refractivity contribution in [1.29, 1.82) is 0 Å². The minimum Gasteiger partial charge on any atom is -0.195 e. The predicted octanol–water partition coefficient (Wildman–Crippen LogP) is 4.88. The van der Waals surface area contributed by atoms with E-state index in [0.29, 0.717) is 5.92 Å². The van der Waals surface area contributed by atoms with Gasteiger partial charge in [-0.05, 0) is 29.5 Å². The fraction of sp³-hybridized carbons (Fsp3) is 0.250. The lowest BCUT2D eigenvalue weighted by Gasteiger charge is -2.04. The normalized spacial score (nSPS) is 11.5. The number of hydrogen-bond acceptors (Lipinski definition) is 4. The highest BCUT2D eigenvalue weighted by atomic mass is 32.2. The number of rotatable bonds is 6. The summed E-state index contributed by atoms with van der Waals surface area (Å²) in [5, 5.41) is 13.4. The highest BCUT2D eigenvalue weighted by molar-refractivity contribution is 7.98. The van der Waals surface area contributed by atoms with Gasteiger partial charge in [0.1, 0.15) is 6.33 Å². The van der Waals surface area contributed by atoms with Gasteiger partial charge < -0.3 is 0 Å². The number of benzene rings is 2. The van der Waals surface area contributed by atoms with Crippen molar-refractivity contribution >= 4 is 18.0 Å². The van der Waals surface area contributed by atoms with E-state index in [0.717, 1.165) is 16.5 Å². The van der Waals surface area contributed by atoms with Gasteiger partial charge in [-0.2, -0.15) is 9.78 Å². The summed E-state index contributed by atoms with van der Waals surface area (Å²) in [6.07, 6.45) is 3.47. The van der Waals surface area contributed by atoms with E-state index in [1.807, 2.05) is 6.21 Å². The van der Waals surface area contributed by atoms with E-state index < -0.39 is 0 Å². The smallest absolute Gasteiger partial charge is 0.195 e. The van der Waals surface area contributed by atoms with Crippen LogP contribution in [0.25, 0.3) is 0 Å². The second-order valence-corrected chi connectivity index (χ2v) is 7.24. The quantitative estimate of drug-likeness (QED) is 0.470. The Morgan fingerprint density at radius 1 is 1.08 bits per heavy atom. The Kier molecular flexibility index (Phi) is 5.66. The first-order chi connectivity index (χ1) is 12.1. The topological polar surface area (TPSA) is 43.1 Å². The van der Waals surface area contributed by atoms with Gasteiger partial charge in [0, 0.05) is 5.75 Å². The largest absolute Gasteiger partial charge is 0.212 e. The van der Waals surface area contributed by atoms with Gasteiger partial charge in [-0.25, -0.2) is 0 Å². The maximum Gasteiger partial charge on any atom is 0.212 e. The van der Waals surface area contributed by atoms with Crippen molar-refractivity contribution in [2.45, 2.75) is 37.6 Å². The van der Waals surface area contributed by atoms with Crippen LogP contribution in [0, 0.1) is 6.92 Å². The summed E-state index contributed by atoms with van der Waals surface area (Å²) in [5.41, 5.74) is 4.92. The molecule has 0 radical (unpaired) electrons. The van der Waals surface area contributed by atoms with Crippen molar-refractivity contribution in [1.82, 2.24) is 14.9 Å². The Hall–Kier alpha value is -2.40. The molecule has 0 bridgehead atoms. The number of aromatic nitrogens is 3. The molecule has 1 aromatic heterocycles. The van der Waals surface area contributed by atoms with Gasteiger partial charge in [0.15, 0.2) is 0 Å². The monoisotopic (exact) mass is 350 g/mol. The summed E-state index contributed by atoms with van der Waals surface area (Å²) in [5.74, 6) is 1.38. The van der Waals surface area contributed by atoms with Crippen LogP contribution >= 0.6 is 11.8 Å². The van der Waals surface area contributed by atoms with E-state index in [9.17, 15) is 0 Å². The van der Waals surface area contributed by atoms with Crippen LogP contribution in [0.5, 0.6) is 0 Å². The maximum absolute atomic E-state index is 4.48. The zero-order valence-electron chi connectivity index (χ0n) is 14.8. The highest BCUT2D eigenvalue weighted by Crippen LogP contribution is 2.21. The second-order valence-electron chi connectivity index (χ2n) is 6.30. The summed E-state index contributed by atoms with van der Waals surface area (Å²) >= 11 is 1.63. The molecule has 0 aliphatic heterocycles. The molecule has 0 atom stereocenters. The van der Waals surface area contributed by atoms with E-state index in [2.05, 4.69) is 84.6 Å². The Bertz CT molecular complexity index is 833. The Balaban J connectivity index is 1.65. The van der Waals surface area contributed by atoms with Crippen molar-refractivity contribution in [2.24, 2.45) is 5.10 Å². The second kappa shape index (κ2) is 8.12. The molecule has 0 saturated carbocycles. The van der Waals surface area contributed by atoms with E-state index >= 15 is 0 Å². The van der Waals surface area contributed by atoms with Gasteiger partial charge in [-0.15, -0.1) is 10.2 Å². The molecule has 0 spiro atoms. The Morgan fingerprint density at radius 3 is 2.48 bits per heavy atom. The summed E-state index contributed by atoms with van der Waals surface area (Å²) in [7, 11) is 0. The van der Waals surface area contributed by atoms with Gasteiger partial charge >= 0.3 is 0 Å². The zero-order valence-corrected chi connectivity index (χ0v) is 15.6. The van der Waals surface area contributed by atoms with Crippen LogP contribution in [0.4, 0.5) is 0 Å². The molecule has 3 aromatic rings. The number of nitrogens with zero attached hydrogens (tertiary/aromatic N) is 4. The third-order valence-corrected chi connectivity index (χ3v) is 4.93. The Labute approximate surface area is 153 Å². The molecule has 25 heavy (non-hydrogen) atoms. The molecule has 128 valence electrons. The number of thioether (sulfide) groups is 1. The van der Waals surface area contributed by atoms with Crippen LogP contribution in [-0.4, -0.2) is 21.1 Å². The maximum atomic E-state index is 4.48. The summed E-state index contributed by atoms with van der Waals surface area (Å²) in [6.45, 7) is 6.48. The Morgan fingerprint density at radius 2 is 1.80 bits per heavy atom. The fourth-order valence-corrected chi connectivity index (χ4v) is 3.14. The predicted molar refractivity (Wildman–Crippen MR) is 104 cm³/mol. The van der Waals surface area contributed by atoms with Crippen LogP contribution in [0.3, 0.4) is 0 Å². The first-order valence-electron chi connectivity index (χ1n) is 8.34. The molecule has 4 nitrogen and oxygen atoms in total. The molecule has 2 aromatic carbocycles. The standard InChI is InChI=1S/C20H22N4S/c1-15(2)19-10-8-17(9-11-19)12-22-24-14-21-23-20(24)25-13-18-6-4-16(3)5-7-18/h4-12,14-15H,13H2,1-3H3/b22-12-. The molecule has 0 aliphatic carbocycles. The van der Waals surface area contributed by atoms with Crippen LogP contribution in [0.15, 0.2) is 65.1 Å². The lowest BCUT2D eigenvalue weighted by atomic mass is 10.0. The van der Waals surface area contributed by atoms with Crippen LogP contribution in [-0.2, 0) is 5.75 Å². The molecule has 5 heteroatoms. The molecule has 0 saturated heterocycles. The lowest BCUT2D eigenvalue weighted by molar-refractivity contribution is 0.767. The van der Waals surface area contributed by atoms with Gasteiger partial charge in [-0.3, -0.25) is 0 Å². The molecule has 1 heterocycles. The molecular formula is C20H22N4S. The molecule has 0 amide bonds. The van der Waals surface area contributed by atoms with Crippen molar-refractivity contribution in [2.75, 3.05) is 0 Å².